The molecule has 138 valence electrons. The van der Waals surface area contributed by atoms with Gasteiger partial charge < -0.3 is 0 Å². The molecule has 2 saturated carbocycles. The maximum absolute atomic E-state index is 14.3. The molecule has 0 aromatic heterocycles. The Morgan fingerprint density at radius 2 is 0.808 bits per heavy atom. The number of rotatable bonds is 0. The topological polar surface area (TPSA) is 0 Å². The molecule has 2 fully saturated rings. The Morgan fingerprint density at radius 3 is 1.12 bits per heavy atom. The van der Waals surface area contributed by atoms with Crippen molar-refractivity contribution in [3.05, 3.63) is 34.4 Å². The summed E-state index contributed by atoms with van der Waals surface area (Å²) >= 11 is 0. The molecule has 1 aromatic carbocycles. The van der Waals surface area contributed by atoms with Crippen LogP contribution in [0.2, 0.25) is 0 Å². The predicted octanol–water partition coefficient (Wildman–Crippen LogP) is 6.11. The van der Waals surface area contributed by atoms with Crippen LogP contribution in [0, 0.1) is 58.8 Å². The number of halogens is 4. The van der Waals surface area contributed by atoms with Gasteiger partial charge in [-0.05, 0) is 25.7 Å². The van der Waals surface area contributed by atoms with Crippen molar-refractivity contribution in [3.8, 4) is 23.7 Å². The van der Waals surface area contributed by atoms with Gasteiger partial charge in [0.2, 0.25) is 0 Å². The molecular formula is C22H22F4. The molecule has 0 heterocycles. The van der Waals surface area contributed by atoms with Crippen molar-refractivity contribution in [1.82, 2.24) is 0 Å². The van der Waals surface area contributed by atoms with E-state index in [2.05, 4.69) is 23.7 Å². The number of benzene rings is 1. The normalized spacial score (nSPS) is 18.6. The van der Waals surface area contributed by atoms with E-state index in [9.17, 15) is 17.6 Å². The monoisotopic (exact) mass is 362 g/mol. The van der Waals surface area contributed by atoms with E-state index in [0.717, 1.165) is 64.2 Å². The minimum Gasteiger partial charge on any atom is -0.202 e. The van der Waals surface area contributed by atoms with Gasteiger partial charge in [-0.3, -0.25) is 0 Å². The second-order valence-corrected chi connectivity index (χ2v) is 7.21. The minimum atomic E-state index is -1.44. The second kappa shape index (κ2) is 8.63. The Balaban J connectivity index is 1.89. The van der Waals surface area contributed by atoms with Gasteiger partial charge in [-0.25, -0.2) is 17.6 Å². The summed E-state index contributed by atoms with van der Waals surface area (Å²) in [6.07, 6.45) is 9.73. The van der Waals surface area contributed by atoms with Gasteiger partial charge in [0.05, 0.1) is 0 Å². The first-order valence-electron chi connectivity index (χ1n) is 9.47. The fourth-order valence-electron chi connectivity index (χ4n) is 3.69. The van der Waals surface area contributed by atoms with Gasteiger partial charge in [0.25, 0.3) is 0 Å². The molecule has 0 unspecified atom stereocenters. The van der Waals surface area contributed by atoms with Crippen molar-refractivity contribution >= 4 is 0 Å². The molecule has 0 saturated heterocycles. The molecule has 0 bridgehead atoms. The molecule has 3 rings (SSSR count). The van der Waals surface area contributed by atoms with Crippen LogP contribution in [0.3, 0.4) is 0 Å². The van der Waals surface area contributed by atoms with E-state index in [4.69, 9.17) is 0 Å². The highest BCUT2D eigenvalue weighted by Gasteiger charge is 2.24. The molecule has 0 N–H and O–H groups in total. The van der Waals surface area contributed by atoms with E-state index >= 15 is 0 Å². The first-order chi connectivity index (χ1) is 12.6. The summed E-state index contributed by atoms with van der Waals surface area (Å²) in [6.45, 7) is 0. The third-order valence-electron chi connectivity index (χ3n) is 5.28. The maximum atomic E-state index is 14.3. The standard InChI is InChI=1S/C22H22F4/c23-19-17(13-11-15-7-3-1-4-8-15)20(24)22(26)18(21(19)25)14-12-16-9-5-2-6-10-16/h15-16H,1-10H2. The van der Waals surface area contributed by atoms with Gasteiger partial charge in [-0.1, -0.05) is 62.2 Å². The molecule has 0 amide bonds. The highest BCUT2D eigenvalue weighted by atomic mass is 19.2. The Hall–Kier alpha value is -1.94. The molecule has 4 heteroatoms. The van der Waals surface area contributed by atoms with Crippen LogP contribution in [-0.2, 0) is 0 Å². The van der Waals surface area contributed by atoms with Crippen LogP contribution in [0.5, 0.6) is 0 Å². The highest BCUT2D eigenvalue weighted by molar-refractivity contribution is 5.46. The van der Waals surface area contributed by atoms with E-state index in [1.54, 1.807) is 0 Å². The molecule has 26 heavy (non-hydrogen) atoms. The van der Waals surface area contributed by atoms with Crippen molar-refractivity contribution in [1.29, 1.82) is 0 Å². The smallest absolute Gasteiger partial charge is 0.178 e. The van der Waals surface area contributed by atoms with Crippen LogP contribution in [0.25, 0.3) is 0 Å². The summed E-state index contributed by atoms with van der Waals surface area (Å²) < 4.78 is 57.1. The summed E-state index contributed by atoms with van der Waals surface area (Å²) in [6, 6.07) is 0. The third-order valence-corrected chi connectivity index (χ3v) is 5.28. The fraction of sp³-hybridized carbons (Fsp3) is 0.545. The fourth-order valence-corrected chi connectivity index (χ4v) is 3.69. The van der Waals surface area contributed by atoms with Crippen LogP contribution in [0.15, 0.2) is 0 Å². The molecule has 0 radical (unpaired) electrons. The van der Waals surface area contributed by atoms with E-state index < -0.39 is 34.4 Å². The molecule has 0 atom stereocenters. The number of hydrogen-bond donors (Lipinski definition) is 0. The summed E-state index contributed by atoms with van der Waals surface area (Å²) in [5.41, 5.74) is -1.65. The first-order valence-corrected chi connectivity index (χ1v) is 9.47. The zero-order chi connectivity index (χ0) is 18.5. The molecule has 2 aliphatic carbocycles. The van der Waals surface area contributed by atoms with Crippen molar-refractivity contribution in [2.45, 2.75) is 64.2 Å². The van der Waals surface area contributed by atoms with Crippen molar-refractivity contribution in [2.75, 3.05) is 0 Å². The Kier molecular flexibility index (Phi) is 6.25. The quantitative estimate of drug-likeness (QED) is 0.297. The first kappa shape index (κ1) is 18.8. The average molecular weight is 362 g/mol. The average Bonchev–Trinajstić information content (AvgIpc) is 2.68. The summed E-state index contributed by atoms with van der Waals surface area (Å²) in [4.78, 5) is 0. The zero-order valence-corrected chi connectivity index (χ0v) is 14.7. The van der Waals surface area contributed by atoms with Crippen LogP contribution in [0.1, 0.15) is 75.3 Å². The number of hydrogen-bond acceptors (Lipinski definition) is 0. The maximum Gasteiger partial charge on any atom is 0.178 e. The van der Waals surface area contributed by atoms with Crippen LogP contribution in [0.4, 0.5) is 17.6 Å². The summed E-state index contributed by atoms with van der Waals surface area (Å²) in [7, 11) is 0. The van der Waals surface area contributed by atoms with Crippen LogP contribution in [-0.4, -0.2) is 0 Å². The second-order valence-electron chi connectivity index (χ2n) is 7.21. The van der Waals surface area contributed by atoms with Gasteiger partial charge in [0.15, 0.2) is 23.3 Å². The van der Waals surface area contributed by atoms with E-state index in [1.165, 1.54) is 0 Å². The molecule has 0 aliphatic heterocycles. The van der Waals surface area contributed by atoms with Crippen LogP contribution >= 0.6 is 0 Å². The molecule has 0 nitrogen and oxygen atoms in total. The lowest BCUT2D eigenvalue weighted by Gasteiger charge is -2.15. The van der Waals surface area contributed by atoms with Crippen molar-refractivity contribution in [3.63, 3.8) is 0 Å². The van der Waals surface area contributed by atoms with Gasteiger partial charge in [-0.2, -0.15) is 0 Å². The molecule has 1 aromatic rings. The largest absolute Gasteiger partial charge is 0.202 e. The zero-order valence-electron chi connectivity index (χ0n) is 14.7. The Bertz CT molecular complexity index is 680. The van der Waals surface area contributed by atoms with Crippen molar-refractivity contribution in [2.24, 2.45) is 11.8 Å². The van der Waals surface area contributed by atoms with Crippen LogP contribution < -0.4 is 0 Å². The van der Waals surface area contributed by atoms with E-state index in [0.29, 0.717) is 0 Å². The third kappa shape index (κ3) is 4.24. The lowest BCUT2D eigenvalue weighted by molar-refractivity contribution is 0.429. The molecule has 0 spiro atoms. The summed E-state index contributed by atoms with van der Waals surface area (Å²) in [5, 5.41) is 0. The molecule has 2 aliphatic rings. The van der Waals surface area contributed by atoms with Gasteiger partial charge in [0.1, 0.15) is 11.1 Å². The minimum absolute atomic E-state index is 0.0273. The van der Waals surface area contributed by atoms with Gasteiger partial charge >= 0.3 is 0 Å². The van der Waals surface area contributed by atoms with Gasteiger partial charge in [0, 0.05) is 11.8 Å². The van der Waals surface area contributed by atoms with Gasteiger partial charge in [-0.15, -0.1) is 0 Å². The Morgan fingerprint density at radius 1 is 0.500 bits per heavy atom. The Labute approximate surface area is 152 Å². The van der Waals surface area contributed by atoms with E-state index in [1.807, 2.05) is 0 Å². The lowest BCUT2D eigenvalue weighted by Crippen LogP contribution is -2.07. The summed E-state index contributed by atoms with van der Waals surface area (Å²) in [5.74, 6) is 4.51. The molecular weight excluding hydrogens is 340 g/mol. The lowest BCUT2D eigenvalue weighted by atomic mass is 9.89. The van der Waals surface area contributed by atoms with Crippen molar-refractivity contribution < 1.29 is 17.6 Å². The van der Waals surface area contributed by atoms with E-state index in [-0.39, 0.29) is 11.8 Å². The highest BCUT2D eigenvalue weighted by Crippen LogP contribution is 2.26. The predicted molar refractivity (Wildman–Crippen MR) is 93.2 cm³/mol. The SMILES string of the molecule is Fc1c(F)c(C#CC2CCCCC2)c(F)c(F)c1C#CC1CCCCC1.